The summed E-state index contributed by atoms with van der Waals surface area (Å²) in [5.74, 6) is -0.380. The van der Waals surface area contributed by atoms with Gasteiger partial charge in [0.15, 0.2) is 12.6 Å². The fraction of sp³-hybridized carbons (Fsp3) is 0.879. The molecule has 72 heavy (non-hydrogen) atoms. The van der Waals surface area contributed by atoms with E-state index >= 15 is 0 Å². The summed E-state index contributed by atoms with van der Waals surface area (Å²) in [6.07, 6.45) is 36.3. The van der Waals surface area contributed by atoms with Gasteiger partial charge in [-0.25, -0.2) is 0 Å². The minimum atomic E-state index is -1.71. The lowest BCUT2D eigenvalue weighted by Gasteiger charge is -2.42. The highest BCUT2D eigenvalue weighted by molar-refractivity contribution is 5.69. The lowest BCUT2D eigenvalue weighted by molar-refractivity contribution is -0.332. The zero-order chi connectivity index (χ0) is 52.3. The molecule has 0 aromatic carbocycles. The van der Waals surface area contributed by atoms with Gasteiger partial charge < -0.3 is 64.2 Å². The number of hydrogen-bond acceptors (Lipinski definition) is 14. The molecule has 11 unspecified atom stereocenters. The molecule has 0 radical (unpaired) electrons. The Morgan fingerprint density at radius 2 is 0.861 bits per heavy atom. The van der Waals surface area contributed by atoms with Crippen molar-refractivity contribution < 1.29 is 69.0 Å². The standard InChI is InChI=1S/C58H106O14/c1-3-5-7-9-11-13-15-17-19-21-22-23-24-25-27-29-31-33-35-37-39-41-50(60)70-47(44-67-42-40-38-36-34-32-30-28-26-20-18-16-14-12-10-8-6-4-2)45-68-57-56(66)54(64)52(62)49(72-57)46-69-58-55(65)53(63)51(61)48(43-59)71-58/h14,16,20-22,26,47-49,51-59,61-66H,3-13,15,17-19,23-25,27-46H2,1-2H3/b16-14-,22-21-,26-20-. The number of allylic oxidation sites excluding steroid dienone is 6. The molecule has 11 atom stereocenters. The number of rotatable bonds is 47. The predicted octanol–water partition coefficient (Wildman–Crippen LogP) is 10.1. The van der Waals surface area contributed by atoms with Gasteiger partial charge in [0.2, 0.25) is 0 Å². The molecular formula is C58H106O14. The second-order valence-electron chi connectivity index (χ2n) is 20.5. The van der Waals surface area contributed by atoms with Gasteiger partial charge >= 0.3 is 5.97 Å². The number of aliphatic hydroxyl groups is 7. The van der Waals surface area contributed by atoms with Gasteiger partial charge in [-0.2, -0.15) is 0 Å². The van der Waals surface area contributed by atoms with E-state index < -0.39 is 80.7 Å². The molecule has 2 rings (SSSR count). The Balaban J connectivity index is 1.72. The maximum absolute atomic E-state index is 13.1. The van der Waals surface area contributed by atoms with Crippen molar-refractivity contribution >= 4 is 5.97 Å². The van der Waals surface area contributed by atoms with E-state index in [1.54, 1.807) is 0 Å². The number of unbranched alkanes of at least 4 members (excludes halogenated alkanes) is 27. The van der Waals surface area contributed by atoms with Crippen molar-refractivity contribution in [1.82, 2.24) is 0 Å². The summed E-state index contributed by atoms with van der Waals surface area (Å²) >= 11 is 0. The van der Waals surface area contributed by atoms with Crippen LogP contribution in [0.5, 0.6) is 0 Å². The minimum Gasteiger partial charge on any atom is -0.457 e. The van der Waals surface area contributed by atoms with Crippen LogP contribution < -0.4 is 0 Å². The molecule has 2 saturated heterocycles. The first-order valence-electron chi connectivity index (χ1n) is 29.1. The monoisotopic (exact) mass is 1030 g/mol. The molecule has 0 spiro atoms. The molecule has 14 heteroatoms. The van der Waals surface area contributed by atoms with Gasteiger partial charge in [0.05, 0.1) is 26.4 Å². The molecule has 0 saturated carbocycles. The van der Waals surface area contributed by atoms with Gasteiger partial charge in [0.25, 0.3) is 0 Å². The topological polar surface area (TPSA) is 214 Å². The first-order valence-corrected chi connectivity index (χ1v) is 29.1. The van der Waals surface area contributed by atoms with Gasteiger partial charge in [-0.15, -0.1) is 0 Å². The third-order valence-corrected chi connectivity index (χ3v) is 13.9. The van der Waals surface area contributed by atoms with E-state index in [0.717, 1.165) is 57.8 Å². The highest BCUT2D eigenvalue weighted by Crippen LogP contribution is 2.27. The number of carbonyl (C=O) groups excluding carboxylic acids is 1. The Hall–Kier alpha value is -1.79. The average Bonchev–Trinajstić information content (AvgIpc) is 3.38. The number of carbonyl (C=O) groups is 1. The zero-order valence-electron chi connectivity index (χ0n) is 45.2. The predicted molar refractivity (Wildman–Crippen MR) is 284 cm³/mol. The number of aliphatic hydroxyl groups excluding tert-OH is 7. The maximum Gasteiger partial charge on any atom is 0.306 e. The van der Waals surface area contributed by atoms with Crippen LogP contribution in [-0.4, -0.2) is 142 Å². The van der Waals surface area contributed by atoms with E-state index in [0.29, 0.717) is 13.0 Å². The van der Waals surface area contributed by atoms with E-state index in [4.69, 9.17) is 28.4 Å². The molecule has 0 aromatic rings. The molecule has 2 aliphatic rings. The van der Waals surface area contributed by atoms with Crippen molar-refractivity contribution in [2.24, 2.45) is 0 Å². The van der Waals surface area contributed by atoms with E-state index in [-0.39, 0.29) is 25.6 Å². The molecule has 422 valence electrons. The largest absolute Gasteiger partial charge is 0.457 e. The van der Waals surface area contributed by atoms with E-state index in [2.05, 4.69) is 50.3 Å². The fourth-order valence-corrected chi connectivity index (χ4v) is 9.13. The summed E-state index contributed by atoms with van der Waals surface area (Å²) in [6, 6.07) is 0. The van der Waals surface area contributed by atoms with Crippen molar-refractivity contribution in [1.29, 1.82) is 0 Å². The summed E-state index contributed by atoms with van der Waals surface area (Å²) in [7, 11) is 0. The van der Waals surface area contributed by atoms with Crippen LogP contribution in [0.3, 0.4) is 0 Å². The molecule has 0 aliphatic carbocycles. The van der Waals surface area contributed by atoms with Crippen LogP contribution in [-0.2, 0) is 33.2 Å². The molecule has 14 nitrogen and oxygen atoms in total. The third kappa shape index (κ3) is 31.9. The Morgan fingerprint density at radius 1 is 0.458 bits per heavy atom. The summed E-state index contributed by atoms with van der Waals surface area (Å²) in [6.45, 7) is 3.67. The molecule has 2 fully saturated rings. The maximum atomic E-state index is 13.1. The second kappa shape index (κ2) is 45.4. The zero-order valence-corrected chi connectivity index (χ0v) is 45.2. The van der Waals surface area contributed by atoms with Crippen LogP contribution >= 0.6 is 0 Å². The van der Waals surface area contributed by atoms with Crippen LogP contribution in [0.1, 0.15) is 226 Å². The van der Waals surface area contributed by atoms with E-state index in [9.17, 15) is 40.5 Å². The lowest BCUT2D eigenvalue weighted by atomic mass is 9.98. The van der Waals surface area contributed by atoms with Gasteiger partial charge in [0, 0.05) is 13.0 Å². The number of esters is 1. The highest BCUT2D eigenvalue weighted by atomic mass is 16.7. The van der Waals surface area contributed by atoms with Gasteiger partial charge in [0.1, 0.15) is 54.9 Å². The Morgan fingerprint density at radius 3 is 1.36 bits per heavy atom. The number of hydrogen-bond donors (Lipinski definition) is 7. The van der Waals surface area contributed by atoms with Gasteiger partial charge in [-0.1, -0.05) is 185 Å². The first kappa shape index (κ1) is 66.3. The molecule has 0 aromatic heterocycles. The lowest BCUT2D eigenvalue weighted by Crippen LogP contribution is -2.61. The normalized spacial score (nSPS) is 25.3. The van der Waals surface area contributed by atoms with Crippen LogP contribution in [0.2, 0.25) is 0 Å². The van der Waals surface area contributed by atoms with E-state index in [1.165, 1.54) is 141 Å². The number of ether oxygens (including phenoxy) is 6. The quantitative estimate of drug-likeness (QED) is 0.0172. The smallest absolute Gasteiger partial charge is 0.306 e. The second-order valence-corrected chi connectivity index (χ2v) is 20.5. The van der Waals surface area contributed by atoms with Crippen LogP contribution in [0.4, 0.5) is 0 Å². The molecule has 7 N–H and O–H groups in total. The SMILES string of the molecule is CCCCCC/C=C\C/C=C\CCCCCCCCOCC(COC1OC(COC2OC(CO)C(O)C(O)C2O)C(O)C(O)C1O)OC(=O)CCCCCCCCCCC/C=C\CCCCCCCCCC. The fourth-order valence-electron chi connectivity index (χ4n) is 9.13. The molecule has 2 heterocycles. The molecule has 2 aliphatic heterocycles. The van der Waals surface area contributed by atoms with Crippen molar-refractivity contribution in [3.8, 4) is 0 Å². The molecular weight excluding hydrogens is 921 g/mol. The summed E-state index contributed by atoms with van der Waals surface area (Å²) in [4.78, 5) is 13.1. The van der Waals surface area contributed by atoms with Gasteiger partial charge in [-0.05, 0) is 70.6 Å². The van der Waals surface area contributed by atoms with Crippen LogP contribution in [0.25, 0.3) is 0 Å². The molecule has 0 bridgehead atoms. The molecule has 0 amide bonds. The summed E-state index contributed by atoms with van der Waals surface area (Å²) in [5.41, 5.74) is 0. The Labute approximate surface area is 436 Å². The Bertz CT molecular complexity index is 1330. The van der Waals surface area contributed by atoms with E-state index in [1.807, 2.05) is 0 Å². The van der Waals surface area contributed by atoms with Crippen molar-refractivity contribution in [3.63, 3.8) is 0 Å². The van der Waals surface area contributed by atoms with Crippen LogP contribution in [0.15, 0.2) is 36.5 Å². The Kier molecular flexibility index (Phi) is 41.8. The summed E-state index contributed by atoms with van der Waals surface area (Å²) < 4.78 is 34.4. The average molecular weight is 1030 g/mol. The van der Waals surface area contributed by atoms with Crippen molar-refractivity contribution in [2.45, 2.75) is 293 Å². The van der Waals surface area contributed by atoms with Gasteiger partial charge in [-0.3, -0.25) is 4.79 Å². The minimum absolute atomic E-state index is 0.0549. The highest BCUT2D eigenvalue weighted by Gasteiger charge is 2.47. The third-order valence-electron chi connectivity index (χ3n) is 13.9. The van der Waals surface area contributed by atoms with Crippen molar-refractivity contribution in [2.75, 3.05) is 33.0 Å². The summed E-state index contributed by atoms with van der Waals surface area (Å²) in [5, 5.41) is 72.3. The van der Waals surface area contributed by atoms with Crippen LogP contribution in [0, 0.1) is 0 Å². The van der Waals surface area contributed by atoms with Crippen molar-refractivity contribution in [3.05, 3.63) is 36.5 Å². The first-order chi connectivity index (χ1) is 35.1.